The van der Waals surface area contributed by atoms with E-state index in [1.807, 2.05) is 36.4 Å². The standard InChI is InChI=1S/C13H8ClNS2/c14-9-6-7-12-11(8-9)13(17-15-12)16-10-4-2-1-3-5-10/h1-8H. The Bertz CT molecular complexity index is 649. The molecule has 17 heavy (non-hydrogen) atoms. The van der Waals surface area contributed by atoms with Crippen LogP contribution in [-0.2, 0) is 0 Å². The zero-order valence-corrected chi connectivity index (χ0v) is 11.1. The summed E-state index contributed by atoms with van der Waals surface area (Å²) in [5, 5.41) is 1.89. The number of hydrogen-bond acceptors (Lipinski definition) is 3. The van der Waals surface area contributed by atoms with Gasteiger partial charge in [0.15, 0.2) is 0 Å². The van der Waals surface area contributed by atoms with Gasteiger partial charge in [0.05, 0.1) is 9.73 Å². The van der Waals surface area contributed by atoms with Crippen molar-refractivity contribution in [2.24, 2.45) is 0 Å². The molecule has 0 N–H and O–H groups in total. The molecular formula is C13H8ClNS2. The summed E-state index contributed by atoms with van der Waals surface area (Å²) < 4.78 is 5.61. The molecule has 0 bridgehead atoms. The van der Waals surface area contributed by atoms with Crippen molar-refractivity contribution in [3.8, 4) is 0 Å². The first kappa shape index (κ1) is 11.1. The van der Waals surface area contributed by atoms with E-state index < -0.39 is 0 Å². The number of aromatic nitrogens is 1. The molecule has 0 amide bonds. The molecule has 0 unspecified atom stereocenters. The van der Waals surface area contributed by atoms with Gasteiger partial charge in [-0.3, -0.25) is 0 Å². The fraction of sp³-hybridized carbons (Fsp3) is 0. The van der Waals surface area contributed by atoms with Crippen LogP contribution in [0.15, 0.2) is 57.6 Å². The number of hydrogen-bond donors (Lipinski definition) is 0. The summed E-state index contributed by atoms with van der Waals surface area (Å²) in [6, 6.07) is 16.1. The van der Waals surface area contributed by atoms with Crippen molar-refractivity contribution in [2.75, 3.05) is 0 Å². The Balaban J connectivity index is 2.03. The van der Waals surface area contributed by atoms with Gasteiger partial charge in [0.25, 0.3) is 0 Å². The van der Waals surface area contributed by atoms with Crippen molar-refractivity contribution in [3.63, 3.8) is 0 Å². The number of halogens is 1. The lowest BCUT2D eigenvalue weighted by Crippen LogP contribution is -1.71. The van der Waals surface area contributed by atoms with Crippen molar-refractivity contribution in [1.29, 1.82) is 0 Å². The minimum absolute atomic E-state index is 0.757. The maximum Gasteiger partial charge on any atom is 0.0933 e. The van der Waals surface area contributed by atoms with Gasteiger partial charge in [0.2, 0.25) is 0 Å². The Morgan fingerprint density at radius 1 is 1.06 bits per heavy atom. The molecule has 1 aromatic heterocycles. The number of nitrogens with zero attached hydrogens (tertiary/aromatic N) is 1. The van der Waals surface area contributed by atoms with E-state index in [2.05, 4.69) is 16.5 Å². The predicted molar refractivity (Wildman–Crippen MR) is 75.2 cm³/mol. The second-order valence-electron chi connectivity index (χ2n) is 3.55. The molecule has 2 aromatic carbocycles. The molecule has 0 aliphatic carbocycles. The quantitative estimate of drug-likeness (QED) is 0.646. The maximum atomic E-state index is 6.02. The Hall–Kier alpha value is -1.03. The zero-order chi connectivity index (χ0) is 11.7. The summed E-state index contributed by atoms with van der Waals surface area (Å²) in [6.07, 6.45) is 0. The van der Waals surface area contributed by atoms with Gasteiger partial charge in [-0.05, 0) is 41.9 Å². The smallest absolute Gasteiger partial charge is 0.0933 e. The lowest BCUT2D eigenvalue weighted by molar-refractivity contribution is 1.46. The molecule has 3 aromatic rings. The highest BCUT2D eigenvalue weighted by atomic mass is 35.5. The lowest BCUT2D eigenvalue weighted by atomic mass is 10.3. The Kier molecular flexibility index (Phi) is 3.05. The normalized spacial score (nSPS) is 10.9. The van der Waals surface area contributed by atoms with Gasteiger partial charge in [0, 0.05) is 15.3 Å². The van der Waals surface area contributed by atoms with Crippen LogP contribution in [0.4, 0.5) is 0 Å². The number of rotatable bonds is 2. The zero-order valence-electron chi connectivity index (χ0n) is 8.76. The molecule has 0 aliphatic rings. The number of fused-ring (bicyclic) bond motifs is 1. The molecule has 0 saturated heterocycles. The molecule has 0 fully saturated rings. The fourth-order valence-electron chi connectivity index (χ4n) is 1.56. The van der Waals surface area contributed by atoms with Gasteiger partial charge < -0.3 is 0 Å². The third-order valence-corrected chi connectivity index (χ3v) is 4.65. The van der Waals surface area contributed by atoms with E-state index in [1.54, 1.807) is 11.8 Å². The van der Waals surface area contributed by atoms with Crippen LogP contribution in [0.5, 0.6) is 0 Å². The fourth-order valence-corrected chi connectivity index (χ4v) is 3.67. The van der Waals surface area contributed by atoms with E-state index in [9.17, 15) is 0 Å². The molecule has 3 rings (SSSR count). The number of benzene rings is 2. The molecule has 0 saturated carbocycles. The highest BCUT2D eigenvalue weighted by Gasteiger charge is 2.07. The van der Waals surface area contributed by atoms with Crippen LogP contribution in [0, 0.1) is 0 Å². The highest BCUT2D eigenvalue weighted by molar-refractivity contribution is 8.01. The monoisotopic (exact) mass is 277 g/mol. The first-order valence-corrected chi connectivity index (χ1v) is 7.07. The SMILES string of the molecule is Clc1ccc2nsc(Sc3ccccc3)c2c1. The van der Waals surface area contributed by atoms with Gasteiger partial charge in [-0.1, -0.05) is 41.6 Å². The van der Waals surface area contributed by atoms with Gasteiger partial charge in [0.1, 0.15) is 0 Å². The summed E-state index contributed by atoms with van der Waals surface area (Å²) in [5.41, 5.74) is 1.01. The average molecular weight is 278 g/mol. The summed E-state index contributed by atoms with van der Waals surface area (Å²) in [6.45, 7) is 0. The lowest BCUT2D eigenvalue weighted by Gasteiger charge is -1.98. The van der Waals surface area contributed by atoms with Gasteiger partial charge >= 0.3 is 0 Å². The van der Waals surface area contributed by atoms with E-state index >= 15 is 0 Å². The van der Waals surface area contributed by atoms with Crippen molar-refractivity contribution in [3.05, 3.63) is 53.6 Å². The molecular weight excluding hydrogens is 270 g/mol. The first-order chi connectivity index (χ1) is 8.33. The van der Waals surface area contributed by atoms with Crippen LogP contribution in [0.2, 0.25) is 5.02 Å². The summed E-state index contributed by atoms with van der Waals surface area (Å²) >= 11 is 9.27. The van der Waals surface area contributed by atoms with E-state index in [-0.39, 0.29) is 0 Å². The molecule has 0 spiro atoms. The minimum atomic E-state index is 0.757. The average Bonchev–Trinajstić information content (AvgIpc) is 2.73. The summed E-state index contributed by atoms with van der Waals surface area (Å²) in [7, 11) is 0. The molecule has 4 heteroatoms. The van der Waals surface area contributed by atoms with E-state index in [4.69, 9.17) is 11.6 Å². The maximum absolute atomic E-state index is 6.02. The van der Waals surface area contributed by atoms with Crippen molar-refractivity contribution in [1.82, 2.24) is 4.37 Å². The molecule has 1 heterocycles. The largest absolute Gasteiger partial charge is 0.191 e. The Morgan fingerprint density at radius 2 is 1.88 bits per heavy atom. The van der Waals surface area contributed by atoms with E-state index in [0.717, 1.165) is 15.9 Å². The third kappa shape index (κ3) is 2.32. The van der Waals surface area contributed by atoms with Crippen molar-refractivity contribution >= 4 is 45.8 Å². The predicted octanol–water partition coefficient (Wildman–Crippen LogP) is 5.10. The molecule has 0 aliphatic heterocycles. The van der Waals surface area contributed by atoms with Crippen LogP contribution >= 0.6 is 34.9 Å². The second-order valence-corrected chi connectivity index (χ2v) is 6.10. The van der Waals surface area contributed by atoms with Crippen LogP contribution in [0.25, 0.3) is 10.9 Å². The van der Waals surface area contributed by atoms with Crippen molar-refractivity contribution < 1.29 is 0 Å². The van der Waals surface area contributed by atoms with Gasteiger partial charge in [-0.25, -0.2) is 0 Å². The van der Waals surface area contributed by atoms with Crippen LogP contribution in [0.1, 0.15) is 0 Å². The summed E-state index contributed by atoms with van der Waals surface area (Å²) in [4.78, 5) is 1.22. The van der Waals surface area contributed by atoms with E-state index in [0.29, 0.717) is 0 Å². The topological polar surface area (TPSA) is 12.9 Å². The first-order valence-electron chi connectivity index (χ1n) is 5.11. The van der Waals surface area contributed by atoms with Crippen molar-refractivity contribution in [2.45, 2.75) is 9.10 Å². The summed E-state index contributed by atoms with van der Waals surface area (Å²) in [5.74, 6) is 0. The molecule has 1 nitrogen and oxygen atoms in total. The van der Waals surface area contributed by atoms with Gasteiger partial charge in [-0.2, -0.15) is 4.37 Å². The third-order valence-electron chi connectivity index (χ3n) is 2.36. The van der Waals surface area contributed by atoms with Crippen LogP contribution in [-0.4, -0.2) is 4.37 Å². The highest BCUT2D eigenvalue weighted by Crippen LogP contribution is 2.37. The Morgan fingerprint density at radius 3 is 2.71 bits per heavy atom. The van der Waals surface area contributed by atoms with E-state index in [1.165, 1.54) is 20.6 Å². The van der Waals surface area contributed by atoms with Gasteiger partial charge in [-0.15, -0.1) is 0 Å². The molecule has 0 radical (unpaired) electrons. The second kappa shape index (κ2) is 4.69. The van der Waals surface area contributed by atoms with Crippen LogP contribution in [0.3, 0.4) is 0 Å². The van der Waals surface area contributed by atoms with Crippen LogP contribution < -0.4 is 0 Å². The Labute approximate surface area is 113 Å². The molecule has 0 atom stereocenters. The molecule has 84 valence electrons. The minimum Gasteiger partial charge on any atom is -0.191 e.